The van der Waals surface area contributed by atoms with Crippen LogP contribution in [0.15, 0.2) is 18.2 Å². The van der Waals surface area contributed by atoms with Gasteiger partial charge in [0.1, 0.15) is 5.56 Å². The lowest BCUT2D eigenvalue weighted by Gasteiger charge is -2.19. The van der Waals surface area contributed by atoms with Crippen molar-refractivity contribution in [2.45, 2.75) is 25.3 Å². The van der Waals surface area contributed by atoms with Crippen molar-refractivity contribution >= 4 is 41.5 Å². The quantitative estimate of drug-likeness (QED) is 0.502. The molecule has 1 aliphatic rings. The highest BCUT2D eigenvalue weighted by Gasteiger charge is 2.28. The van der Waals surface area contributed by atoms with Crippen LogP contribution in [0, 0.1) is 16.0 Å². The molecule has 8 nitrogen and oxygen atoms in total. The van der Waals surface area contributed by atoms with Gasteiger partial charge in [-0.05, 0) is 31.4 Å². The van der Waals surface area contributed by atoms with Gasteiger partial charge in [-0.25, -0.2) is 0 Å². The number of nitrogens with two attached hydrogens (primary N) is 1. The Bertz CT molecular complexity index is 656. The second-order valence-electron chi connectivity index (χ2n) is 5.67. The Morgan fingerprint density at radius 3 is 2.72 bits per heavy atom. The zero-order valence-corrected chi connectivity index (χ0v) is 14.9. The monoisotopic (exact) mass is 390 g/mol. The molecule has 0 spiro atoms. The fourth-order valence-corrected chi connectivity index (χ4v) is 3.16. The lowest BCUT2D eigenvalue weighted by atomic mass is 10.0. The molecule has 0 radical (unpaired) electrons. The Labute approximate surface area is 156 Å². The number of nitro groups is 1. The van der Waals surface area contributed by atoms with Crippen LogP contribution in [0.4, 0.5) is 5.69 Å². The van der Waals surface area contributed by atoms with E-state index in [0.717, 1.165) is 19.3 Å². The molecule has 1 aromatic carbocycles. The largest absolute Gasteiger partial charge is 0.352 e. The number of nitrogens with zero attached hydrogens (tertiary/aromatic N) is 1. The van der Waals surface area contributed by atoms with E-state index in [1.165, 1.54) is 18.2 Å². The molecule has 2 atom stereocenters. The summed E-state index contributed by atoms with van der Waals surface area (Å²) in [4.78, 5) is 34.4. The Balaban J connectivity index is 0.00000312. The van der Waals surface area contributed by atoms with Crippen LogP contribution in [0.1, 0.15) is 29.6 Å². The average molecular weight is 391 g/mol. The van der Waals surface area contributed by atoms with E-state index in [1.807, 2.05) is 0 Å². The summed E-state index contributed by atoms with van der Waals surface area (Å²) in [5, 5.41) is 16.2. The molecule has 0 bridgehead atoms. The van der Waals surface area contributed by atoms with E-state index in [-0.39, 0.29) is 47.4 Å². The molecule has 2 unspecified atom stereocenters. The van der Waals surface area contributed by atoms with Crippen molar-refractivity contribution in [1.82, 2.24) is 10.6 Å². The second-order valence-corrected chi connectivity index (χ2v) is 6.08. The van der Waals surface area contributed by atoms with E-state index in [1.54, 1.807) is 0 Å². The molecule has 2 rings (SSSR count). The molecule has 10 heteroatoms. The van der Waals surface area contributed by atoms with Crippen molar-refractivity contribution in [2.75, 3.05) is 13.1 Å². The number of amides is 2. The first-order chi connectivity index (χ1) is 11.4. The number of carbonyl (C=O) groups excluding carboxylic acids is 2. The van der Waals surface area contributed by atoms with E-state index >= 15 is 0 Å². The van der Waals surface area contributed by atoms with E-state index in [4.69, 9.17) is 17.3 Å². The summed E-state index contributed by atoms with van der Waals surface area (Å²) >= 11 is 5.88. The van der Waals surface area contributed by atoms with Gasteiger partial charge in [0.2, 0.25) is 5.91 Å². The highest BCUT2D eigenvalue weighted by molar-refractivity contribution is 6.34. The summed E-state index contributed by atoms with van der Waals surface area (Å²) in [6, 6.07) is 3.96. The van der Waals surface area contributed by atoms with Gasteiger partial charge in [-0.15, -0.1) is 12.4 Å². The summed E-state index contributed by atoms with van der Waals surface area (Å²) in [5.74, 6) is -0.873. The first kappa shape index (κ1) is 21.1. The topological polar surface area (TPSA) is 127 Å². The van der Waals surface area contributed by atoms with Crippen LogP contribution in [0.2, 0.25) is 5.02 Å². The van der Waals surface area contributed by atoms with Crippen molar-refractivity contribution in [3.8, 4) is 0 Å². The van der Waals surface area contributed by atoms with Gasteiger partial charge in [0, 0.05) is 12.1 Å². The highest BCUT2D eigenvalue weighted by atomic mass is 35.5. The summed E-state index contributed by atoms with van der Waals surface area (Å²) in [6.07, 6.45) is 2.84. The van der Waals surface area contributed by atoms with Crippen molar-refractivity contribution in [3.63, 3.8) is 0 Å². The molecule has 1 saturated carbocycles. The lowest BCUT2D eigenvalue weighted by Crippen LogP contribution is -2.44. The van der Waals surface area contributed by atoms with Crippen LogP contribution in [0.25, 0.3) is 0 Å². The van der Waals surface area contributed by atoms with Crippen LogP contribution in [-0.4, -0.2) is 35.9 Å². The molecular formula is C15H20Cl2N4O4. The van der Waals surface area contributed by atoms with Gasteiger partial charge in [0.05, 0.1) is 16.5 Å². The van der Waals surface area contributed by atoms with Gasteiger partial charge >= 0.3 is 0 Å². The number of benzene rings is 1. The molecule has 25 heavy (non-hydrogen) atoms. The Hall–Kier alpha value is -1.90. The van der Waals surface area contributed by atoms with Gasteiger partial charge in [0.25, 0.3) is 11.6 Å². The molecule has 0 aliphatic heterocycles. The third-order valence-electron chi connectivity index (χ3n) is 4.13. The maximum absolute atomic E-state index is 12.2. The molecule has 1 aromatic rings. The molecule has 4 N–H and O–H groups in total. The van der Waals surface area contributed by atoms with Gasteiger partial charge in [0.15, 0.2) is 0 Å². The molecule has 0 aromatic heterocycles. The van der Waals surface area contributed by atoms with Gasteiger partial charge in [-0.2, -0.15) is 0 Å². The smallest absolute Gasteiger partial charge is 0.283 e. The Morgan fingerprint density at radius 2 is 2.08 bits per heavy atom. The summed E-state index contributed by atoms with van der Waals surface area (Å²) in [6.45, 7) is 0.220. The SMILES string of the molecule is Cl.NCC1CCCC1NC(=O)CNC(=O)c1c(Cl)cccc1[N+](=O)[O-]. The second kappa shape index (κ2) is 9.55. The normalized spacial score (nSPS) is 19.0. The number of nitro benzene ring substituents is 1. The first-order valence-corrected chi connectivity index (χ1v) is 8.02. The minimum Gasteiger partial charge on any atom is -0.352 e. The van der Waals surface area contributed by atoms with Crippen LogP contribution in [-0.2, 0) is 4.79 Å². The number of halogens is 2. The Kier molecular flexibility index (Phi) is 8.08. The van der Waals surface area contributed by atoms with Crippen molar-refractivity contribution in [1.29, 1.82) is 0 Å². The molecule has 0 saturated heterocycles. The Morgan fingerprint density at radius 1 is 1.36 bits per heavy atom. The van der Waals surface area contributed by atoms with Crippen molar-refractivity contribution < 1.29 is 14.5 Å². The van der Waals surface area contributed by atoms with Gasteiger partial charge in [-0.3, -0.25) is 19.7 Å². The maximum Gasteiger partial charge on any atom is 0.283 e. The first-order valence-electron chi connectivity index (χ1n) is 7.64. The van der Waals surface area contributed by atoms with E-state index in [9.17, 15) is 19.7 Å². The molecular weight excluding hydrogens is 371 g/mol. The number of hydrogen-bond donors (Lipinski definition) is 3. The fraction of sp³-hybridized carbons (Fsp3) is 0.467. The summed E-state index contributed by atoms with van der Waals surface area (Å²) < 4.78 is 0. The molecule has 1 fully saturated rings. The third-order valence-corrected chi connectivity index (χ3v) is 4.45. The standard InChI is InChI=1S/C15H19ClN4O4.ClH/c16-10-4-2-6-12(20(23)24)14(10)15(22)18-8-13(21)19-11-5-1-3-9(11)7-17;/h2,4,6,9,11H,1,3,5,7-8,17H2,(H,18,22)(H,19,21);1H. The van der Waals surface area contributed by atoms with Gasteiger partial charge in [-0.1, -0.05) is 24.1 Å². The van der Waals surface area contributed by atoms with Crippen molar-refractivity contribution in [2.24, 2.45) is 11.7 Å². The molecule has 0 heterocycles. The highest BCUT2D eigenvalue weighted by Crippen LogP contribution is 2.26. The van der Waals surface area contributed by atoms with E-state index in [0.29, 0.717) is 6.54 Å². The number of hydrogen-bond acceptors (Lipinski definition) is 5. The average Bonchev–Trinajstić information content (AvgIpc) is 2.99. The van der Waals surface area contributed by atoms with Crippen LogP contribution < -0.4 is 16.4 Å². The molecule has 1 aliphatic carbocycles. The van der Waals surface area contributed by atoms with Gasteiger partial charge < -0.3 is 16.4 Å². The summed E-state index contributed by atoms with van der Waals surface area (Å²) in [7, 11) is 0. The number of nitrogens with one attached hydrogen (secondary N) is 2. The van der Waals surface area contributed by atoms with E-state index < -0.39 is 16.5 Å². The zero-order chi connectivity index (χ0) is 17.7. The number of carbonyl (C=O) groups is 2. The maximum atomic E-state index is 12.2. The predicted octanol–water partition coefficient (Wildman–Crippen LogP) is 1.64. The van der Waals surface area contributed by atoms with Crippen LogP contribution in [0.3, 0.4) is 0 Å². The third kappa shape index (κ3) is 5.29. The number of rotatable bonds is 6. The zero-order valence-electron chi connectivity index (χ0n) is 13.4. The summed E-state index contributed by atoms with van der Waals surface area (Å²) in [5.41, 5.74) is 5.00. The van der Waals surface area contributed by atoms with Crippen molar-refractivity contribution in [3.05, 3.63) is 38.9 Å². The minimum atomic E-state index is -0.760. The lowest BCUT2D eigenvalue weighted by molar-refractivity contribution is -0.385. The predicted molar refractivity (Wildman–Crippen MR) is 96.0 cm³/mol. The molecule has 138 valence electrons. The molecule has 2 amide bonds. The fourth-order valence-electron chi connectivity index (χ4n) is 2.91. The minimum absolute atomic E-state index is 0. The van der Waals surface area contributed by atoms with E-state index in [2.05, 4.69) is 10.6 Å². The van der Waals surface area contributed by atoms with Crippen LogP contribution >= 0.6 is 24.0 Å². The van der Waals surface area contributed by atoms with Crippen LogP contribution in [0.5, 0.6) is 0 Å².